The van der Waals surface area contributed by atoms with Gasteiger partial charge in [0.25, 0.3) is 5.91 Å². The molecule has 1 aliphatic rings. The Morgan fingerprint density at radius 1 is 0.952 bits per heavy atom. The van der Waals surface area contributed by atoms with Crippen LogP contribution >= 0.6 is 10.8 Å². The molecule has 2 amide bonds. The molecule has 2 heterocycles. The van der Waals surface area contributed by atoms with Gasteiger partial charge in [-0.1, -0.05) is 77.5 Å². The number of hydrogen-bond acceptors (Lipinski definition) is 6. The Balaban J connectivity index is 1.50. The van der Waals surface area contributed by atoms with E-state index in [9.17, 15) is 31.9 Å². The van der Waals surface area contributed by atoms with Crippen LogP contribution in [0.3, 0.4) is 0 Å². The number of amides is 2. The predicted molar refractivity (Wildman–Crippen MR) is 154 cm³/mol. The summed E-state index contributed by atoms with van der Waals surface area (Å²) in [6.07, 6.45) is -3.90. The van der Waals surface area contributed by atoms with Gasteiger partial charge in [0.1, 0.15) is 5.82 Å². The zero-order valence-electron chi connectivity index (χ0n) is 22.1. The summed E-state index contributed by atoms with van der Waals surface area (Å²) in [5.41, 5.74) is 9.15. The molecular formula is C29H28F3N5O4S. The lowest BCUT2D eigenvalue weighted by Crippen LogP contribution is -2.49. The molecule has 220 valence electrons. The molecule has 6 N–H and O–H groups in total. The summed E-state index contributed by atoms with van der Waals surface area (Å²) in [5.74, 6) is -2.53. The van der Waals surface area contributed by atoms with Crippen molar-refractivity contribution in [3.05, 3.63) is 107 Å². The summed E-state index contributed by atoms with van der Waals surface area (Å²) in [6.45, 7) is -0.394. The van der Waals surface area contributed by atoms with Gasteiger partial charge < -0.3 is 15.6 Å². The van der Waals surface area contributed by atoms with E-state index in [4.69, 9.17) is 5.73 Å². The molecule has 13 heteroatoms. The molecule has 4 aromatic rings. The van der Waals surface area contributed by atoms with Crippen LogP contribution in [0.4, 0.5) is 13.2 Å². The number of nitrogens with two attached hydrogens (primary N) is 1. The fourth-order valence-electron chi connectivity index (χ4n) is 4.94. The number of nitrogens with one attached hydrogen (secondary N) is 2. The van der Waals surface area contributed by atoms with Gasteiger partial charge in [-0.05, 0) is 35.2 Å². The van der Waals surface area contributed by atoms with Crippen LogP contribution in [0.1, 0.15) is 28.6 Å². The number of halogens is 3. The summed E-state index contributed by atoms with van der Waals surface area (Å²) >= 11 is 0. The average molecular weight is 600 g/mol. The molecule has 5 rings (SSSR count). The molecule has 0 fully saturated rings. The van der Waals surface area contributed by atoms with Gasteiger partial charge in [-0.25, -0.2) is 9.71 Å². The van der Waals surface area contributed by atoms with Gasteiger partial charge in [-0.15, -0.1) is 0 Å². The quantitative estimate of drug-likeness (QED) is 0.184. The number of carbonyl (C=O) groups excluding carboxylic acids is 2. The first kappa shape index (κ1) is 29.3. The second-order valence-corrected chi connectivity index (χ2v) is 11.7. The Labute approximate surface area is 240 Å². The number of H-pyrrole nitrogens is 1. The maximum atomic E-state index is 14.0. The lowest BCUT2D eigenvalue weighted by atomic mass is 10.00. The number of imidazole rings is 1. The first-order valence-corrected chi connectivity index (χ1v) is 14.5. The van der Waals surface area contributed by atoms with E-state index in [0.29, 0.717) is 22.2 Å². The van der Waals surface area contributed by atoms with Gasteiger partial charge in [0.2, 0.25) is 0 Å². The molecule has 0 spiro atoms. The number of rotatable bonds is 9. The normalized spacial score (nSPS) is 16.9. The van der Waals surface area contributed by atoms with Gasteiger partial charge in [-0.2, -0.15) is 13.2 Å². The van der Waals surface area contributed by atoms with Crippen molar-refractivity contribution in [2.75, 3.05) is 6.54 Å². The Kier molecular flexibility index (Phi) is 8.10. The molecule has 0 radical (unpaired) electrons. The molecule has 0 bridgehead atoms. The second kappa shape index (κ2) is 11.6. The Morgan fingerprint density at radius 2 is 1.60 bits per heavy atom. The molecular weight excluding hydrogens is 571 g/mol. The monoisotopic (exact) mass is 599 g/mol. The van der Waals surface area contributed by atoms with Gasteiger partial charge in [0, 0.05) is 25.1 Å². The van der Waals surface area contributed by atoms with Crippen molar-refractivity contribution in [2.24, 2.45) is 5.73 Å². The van der Waals surface area contributed by atoms with Crippen molar-refractivity contribution in [2.45, 2.75) is 31.1 Å². The van der Waals surface area contributed by atoms with E-state index in [2.05, 4.69) is 14.7 Å². The molecule has 2 atom stereocenters. The molecule has 42 heavy (non-hydrogen) atoms. The zero-order chi connectivity index (χ0) is 30.1. The topological polar surface area (TPSA) is 145 Å². The molecule has 1 aliphatic heterocycles. The number of benzene rings is 3. The highest BCUT2D eigenvalue weighted by Crippen LogP contribution is 2.52. The van der Waals surface area contributed by atoms with Crippen molar-refractivity contribution in [1.82, 2.24) is 19.6 Å². The molecule has 0 saturated carbocycles. The number of carbonyl (C=O) groups is 2. The summed E-state index contributed by atoms with van der Waals surface area (Å²) in [5, 5.41) is 0. The average Bonchev–Trinajstić information content (AvgIpc) is 3.49. The fourth-order valence-corrected chi connectivity index (χ4v) is 6.12. The maximum absolute atomic E-state index is 14.0. The van der Waals surface area contributed by atoms with Crippen LogP contribution in [0.15, 0.2) is 84.9 Å². The molecule has 1 unspecified atom stereocenters. The number of alkyl halides is 3. The summed E-state index contributed by atoms with van der Waals surface area (Å²) in [4.78, 5) is 32.9. The first-order valence-electron chi connectivity index (χ1n) is 12.9. The Hall–Kier alpha value is -4.17. The largest absolute Gasteiger partial charge is 0.471 e. The van der Waals surface area contributed by atoms with E-state index in [-0.39, 0.29) is 23.6 Å². The summed E-state index contributed by atoms with van der Waals surface area (Å²) in [7, 11) is -3.51. The Morgan fingerprint density at radius 3 is 2.21 bits per heavy atom. The third-order valence-electron chi connectivity index (χ3n) is 6.85. The number of fused-ring (bicyclic) bond motifs is 1. The van der Waals surface area contributed by atoms with Gasteiger partial charge in [-0.3, -0.25) is 18.7 Å². The van der Waals surface area contributed by atoms with E-state index in [0.717, 1.165) is 16.5 Å². The minimum absolute atomic E-state index is 0.00801. The lowest BCUT2D eigenvalue weighted by Gasteiger charge is -2.33. The van der Waals surface area contributed by atoms with Crippen molar-refractivity contribution >= 4 is 38.5 Å². The maximum Gasteiger partial charge on any atom is 0.471 e. The van der Waals surface area contributed by atoms with Gasteiger partial charge in [0.05, 0.1) is 22.0 Å². The Bertz CT molecular complexity index is 1590. The van der Waals surface area contributed by atoms with Crippen molar-refractivity contribution in [1.29, 1.82) is 0 Å². The van der Waals surface area contributed by atoms with Gasteiger partial charge in [0.15, 0.2) is 0 Å². The van der Waals surface area contributed by atoms with E-state index in [1.165, 1.54) is 12.1 Å². The molecule has 0 aliphatic carbocycles. The van der Waals surface area contributed by atoms with E-state index in [1.807, 2.05) is 18.2 Å². The molecule has 3 aromatic carbocycles. The van der Waals surface area contributed by atoms with E-state index >= 15 is 0 Å². The summed E-state index contributed by atoms with van der Waals surface area (Å²) in [6, 6.07) is 20.2. The second-order valence-electron chi connectivity index (χ2n) is 9.98. The third kappa shape index (κ3) is 6.49. The molecule has 9 nitrogen and oxygen atoms in total. The van der Waals surface area contributed by atoms with Gasteiger partial charge >= 0.3 is 12.1 Å². The first-order chi connectivity index (χ1) is 19.9. The van der Waals surface area contributed by atoms with Crippen LogP contribution in [0.2, 0.25) is 0 Å². The van der Waals surface area contributed by atoms with Crippen LogP contribution in [0.25, 0.3) is 15.9 Å². The highest BCUT2D eigenvalue weighted by Gasteiger charge is 2.46. The predicted octanol–water partition coefficient (Wildman–Crippen LogP) is 4.94. The number of para-hydroxylation sites is 2. The highest BCUT2D eigenvalue weighted by atomic mass is 32.3. The van der Waals surface area contributed by atoms with E-state index < -0.39 is 47.4 Å². The number of nitrogens with zero attached hydrogens (tertiary/aromatic N) is 2. The van der Waals surface area contributed by atoms with Crippen molar-refractivity contribution in [3.8, 4) is 0 Å². The zero-order valence-corrected chi connectivity index (χ0v) is 22.9. The lowest BCUT2D eigenvalue weighted by molar-refractivity contribution is -0.188. The third-order valence-corrected chi connectivity index (χ3v) is 8.31. The highest BCUT2D eigenvalue weighted by molar-refractivity contribution is 8.31. The SMILES string of the molecule is N[C@@H](Cc1ccccc1)CN(C(=O)C(F)(F)F)C(Cc1ccc(C2=CC(=O)NS2(O)O)cc1)c1nc2ccccc2[nH]1. The minimum atomic E-state index is -5.16. The fraction of sp³-hybridized carbons (Fsp3) is 0.207. The number of hydrogen-bond donors (Lipinski definition) is 5. The van der Waals surface area contributed by atoms with Crippen LogP contribution in [0, 0.1) is 0 Å². The standard InChI is InChI=1S/C29H28F3N5O4S/c30-29(31,32)28(39)37(17-21(33)14-18-6-2-1-3-7-18)24(27-34-22-8-4-5-9-23(22)35-27)15-19-10-12-20(13-11-19)25-16-26(38)36-42(25,40)41/h1-13,16,21,24,40-41H,14-15,17,33H2,(H,34,35)(H,36,38)/t21-,24?/m0/s1. The van der Waals surface area contributed by atoms with Crippen LogP contribution in [0.5, 0.6) is 0 Å². The molecule has 0 saturated heterocycles. The van der Waals surface area contributed by atoms with Crippen LogP contribution in [-0.4, -0.2) is 54.6 Å². The minimum Gasteiger partial charge on any atom is -0.340 e. The van der Waals surface area contributed by atoms with E-state index in [1.54, 1.807) is 48.5 Å². The van der Waals surface area contributed by atoms with Crippen molar-refractivity contribution in [3.63, 3.8) is 0 Å². The molecule has 1 aromatic heterocycles. The van der Waals surface area contributed by atoms with Crippen molar-refractivity contribution < 1.29 is 31.9 Å². The summed E-state index contributed by atoms with van der Waals surface area (Å²) < 4.78 is 64.4. The van der Waals surface area contributed by atoms with Crippen LogP contribution < -0.4 is 10.5 Å². The number of aromatic nitrogens is 2. The number of aromatic amines is 1. The van der Waals surface area contributed by atoms with Crippen LogP contribution in [-0.2, 0) is 22.4 Å². The smallest absolute Gasteiger partial charge is 0.340 e.